The Labute approximate surface area is 140 Å². The van der Waals surface area contributed by atoms with Gasteiger partial charge in [-0.3, -0.25) is 4.79 Å². The van der Waals surface area contributed by atoms with Gasteiger partial charge >= 0.3 is 0 Å². The molecule has 2 rings (SSSR count). The van der Waals surface area contributed by atoms with Crippen molar-refractivity contribution in [3.63, 3.8) is 0 Å². The third-order valence-corrected chi connectivity index (χ3v) is 5.59. The number of benzene rings is 1. The van der Waals surface area contributed by atoms with Crippen LogP contribution in [0.4, 0.5) is 0 Å². The molecule has 0 aliphatic rings. The van der Waals surface area contributed by atoms with Gasteiger partial charge in [-0.25, -0.2) is 0 Å². The van der Waals surface area contributed by atoms with Gasteiger partial charge in [0.05, 0.1) is 11.8 Å². The Bertz CT molecular complexity index is 596. The SMILES string of the molecule is Cc1ccccc1SCC(=O)NC[C@@H](c1cccs1)N(C)C. The summed E-state index contributed by atoms with van der Waals surface area (Å²) >= 11 is 3.31. The van der Waals surface area contributed by atoms with E-state index < -0.39 is 0 Å². The van der Waals surface area contributed by atoms with Crippen LogP contribution in [-0.4, -0.2) is 37.2 Å². The van der Waals surface area contributed by atoms with Crippen LogP contribution in [0.25, 0.3) is 0 Å². The van der Waals surface area contributed by atoms with Crippen LogP contribution >= 0.6 is 23.1 Å². The molecule has 0 bridgehead atoms. The van der Waals surface area contributed by atoms with E-state index in [-0.39, 0.29) is 11.9 Å². The number of nitrogens with zero attached hydrogens (tertiary/aromatic N) is 1. The number of rotatable bonds is 7. The van der Waals surface area contributed by atoms with Crippen molar-refractivity contribution < 1.29 is 4.79 Å². The fourth-order valence-electron chi connectivity index (χ4n) is 2.14. The fraction of sp³-hybridized carbons (Fsp3) is 0.353. The van der Waals surface area contributed by atoms with Gasteiger partial charge in [0, 0.05) is 16.3 Å². The van der Waals surface area contributed by atoms with Crippen molar-refractivity contribution in [2.75, 3.05) is 26.4 Å². The topological polar surface area (TPSA) is 32.3 Å². The molecular formula is C17H22N2OS2. The lowest BCUT2D eigenvalue weighted by Gasteiger charge is -2.23. The Balaban J connectivity index is 1.83. The van der Waals surface area contributed by atoms with Crippen molar-refractivity contribution in [3.8, 4) is 0 Å². The predicted molar refractivity (Wildman–Crippen MR) is 95.7 cm³/mol. The number of thioether (sulfide) groups is 1. The molecule has 1 heterocycles. The summed E-state index contributed by atoms with van der Waals surface area (Å²) in [6.07, 6.45) is 0. The van der Waals surface area contributed by atoms with Crippen molar-refractivity contribution in [1.82, 2.24) is 10.2 Å². The van der Waals surface area contributed by atoms with E-state index in [0.29, 0.717) is 12.3 Å². The average Bonchev–Trinajstić information content (AvgIpc) is 3.00. The monoisotopic (exact) mass is 334 g/mol. The largest absolute Gasteiger partial charge is 0.353 e. The third kappa shape index (κ3) is 4.87. The molecule has 118 valence electrons. The Kier molecular flexibility index (Phi) is 6.49. The molecule has 0 aliphatic carbocycles. The highest BCUT2D eigenvalue weighted by Crippen LogP contribution is 2.23. The maximum absolute atomic E-state index is 12.1. The van der Waals surface area contributed by atoms with Crippen molar-refractivity contribution in [2.24, 2.45) is 0 Å². The highest BCUT2D eigenvalue weighted by Gasteiger charge is 2.16. The summed E-state index contributed by atoms with van der Waals surface area (Å²) in [5, 5.41) is 5.12. The fourth-order valence-corrected chi connectivity index (χ4v) is 3.92. The lowest BCUT2D eigenvalue weighted by Crippen LogP contribution is -2.35. The number of carbonyl (C=O) groups excluding carboxylic acids is 1. The lowest BCUT2D eigenvalue weighted by molar-refractivity contribution is -0.118. The second-order valence-corrected chi connectivity index (χ2v) is 7.35. The first-order chi connectivity index (χ1) is 10.6. The number of carbonyl (C=O) groups is 1. The number of nitrogens with one attached hydrogen (secondary N) is 1. The Hall–Kier alpha value is -1.30. The molecule has 3 nitrogen and oxygen atoms in total. The smallest absolute Gasteiger partial charge is 0.230 e. The summed E-state index contributed by atoms with van der Waals surface area (Å²) in [4.78, 5) is 16.7. The van der Waals surface area contributed by atoms with Crippen LogP contribution in [0.3, 0.4) is 0 Å². The zero-order valence-electron chi connectivity index (χ0n) is 13.2. The zero-order valence-corrected chi connectivity index (χ0v) is 14.8. The highest BCUT2D eigenvalue weighted by atomic mass is 32.2. The van der Waals surface area contributed by atoms with Gasteiger partial charge < -0.3 is 10.2 Å². The number of hydrogen-bond acceptors (Lipinski definition) is 4. The maximum Gasteiger partial charge on any atom is 0.230 e. The van der Waals surface area contributed by atoms with Gasteiger partial charge in [0.2, 0.25) is 5.91 Å². The Morgan fingerprint density at radius 1 is 1.27 bits per heavy atom. The third-order valence-electron chi connectivity index (χ3n) is 3.44. The minimum Gasteiger partial charge on any atom is -0.353 e. The molecule has 0 unspecified atom stereocenters. The van der Waals surface area contributed by atoms with Crippen molar-refractivity contribution in [3.05, 3.63) is 52.2 Å². The van der Waals surface area contributed by atoms with Crippen LogP contribution in [0, 0.1) is 6.92 Å². The van der Waals surface area contributed by atoms with Crippen LogP contribution in [-0.2, 0) is 4.79 Å². The van der Waals surface area contributed by atoms with E-state index in [9.17, 15) is 4.79 Å². The lowest BCUT2D eigenvalue weighted by atomic mass is 10.2. The molecular weight excluding hydrogens is 312 g/mol. The number of hydrogen-bond donors (Lipinski definition) is 1. The van der Waals surface area contributed by atoms with Gasteiger partial charge in [0.1, 0.15) is 0 Å². The van der Waals surface area contributed by atoms with E-state index >= 15 is 0 Å². The van der Waals surface area contributed by atoms with E-state index in [1.165, 1.54) is 15.3 Å². The number of thiophene rings is 1. The van der Waals surface area contributed by atoms with E-state index in [2.05, 4.69) is 40.7 Å². The van der Waals surface area contributed by atoms with Crippen molar-refractivity contribution >= 4 is 29.0 Å². The van der Waals surface area contributed by atoms with Gasteiger partial charge in [0.15, 0.2) is 0 Å². The van der Waals surface area contributed by atoms with Gasteiger partial charge in [-0.05, 0) is 44.1 Å². The number of amides is 1. The van der Waals surface area contributed by atoms with Crippen LogP contribution in [0.2, 0.25) is 0 Å². The normalized spacial score (nSPS) is 12.4. The van der Waals surface area contributed by atoms with E-state index in [4.69, 9.17) is 0 Å². The highest BCUT2D eigenvalue weighted by molar-refractivity contribution is 8.00. The minimum atomic E-state index is 0.0802. The van der Waals surface area contributed by atoms with Crippen LogP contribution in [0.5, 0.6) is 0 Å². The summed E-state index contributed by atoms with van der Waals surface area (Å²) in [5.74, 6) is 0.534. The quantitative estimate of drug-likeness (QED) is 0.786. The second-order valence-electron chi connectivity index (χ2n) is 5.35. The molecule has 0 saturated heterocycles. The molecule has 0 fully saturated rings. The van der Waals surface area contributed by atoms with E-state index in [1.54, 1.807) is 23.1 Å². The van der Waals surface area contributed by atoms with Gasteiger partial charge in [-0.2, -0.15) is 0 Å². The Morgan fingerprint density at radius 2 is 2.05 bits per heavy atom. The molecule has 1 N–H and O–H groups in total. The van der Waals surface area contributed by atoms with Gasteiger partial charge in [-0.1, -0.05) is 24.3 Å². The second kappa shape index (κ2) is 8.36. The first-order valence-corrected chi connectivity index (χ1v) is 9.09. The first-order valence-electron chi connectivity index (χ1n) is 7.23. The summed E-state index contributed by atoms with van der Waals surface area (Å²) in [7, 11) is 4.08. The molecule has 1 amide bonds. The van der Waals surface area contributed by atoms with Crippen LogP contribution < -0.4 is 5.32 Å². The molecule has 1 aromatic carbocycles. The average molecular weight is 335 g/mol. The molecule has 2 aromatic rings. The molecule has 0 aliphatic heterocycles. The van der Waals surface area contributed by atoms with Gasteiger partial charge in [-0.15, -0.1) is 23.1 Å². The molecule has 1 aromatic heterocycles. The number of aryl methyl sites for hydroxylation is 1. The summed E-state index contributed by atoms with van der Waals surface area (Å²) in [6.45, 7) is 2.71. The Morgan fingerprint density at radius 3 is 2.68 bits per heavy atom. The van der Waals surface area contributed by atoms with Crippen LogP contribution in [0.1, 0.15) is 16.5 Å². The maximum atomic E-state index is 12.1. The molecule has 0 spiro atoms. The molecule has 5 heteroatoms. The molecule has 0 radical (unpaired) electrons. The molecule has 22 heavy (non-hydrogen) atoms. The molecule has 1 atom stereocenters. The van der Waals surface area contributed by atoms with Gasteiger partial charge in [0.25, 0.3) is 0 Å². The summed E-state index contributed by atoms with van der Waals surface area (Å²) < 4.78 is 0. The zero-order chi connectivity index (χ0) is 15.9. The summed E-state index contributed by atoms with van der Waals surface area (Å²) in [5.41, 5.74) is 1.21. The summed E-state index contributed by atoms with van der Waals surface area (Å²) in [6, 6.07) is 12.5. The number of likely N-dealkylation sites (N-methyl/N-ethyl adjacent to an activating group) is 1. The molecule has 0 saturated carbocycles. The van der Waals surface area contributed by atoms with Crippen molar-refractivity contribution in [1.29, 1.82) is 0 Å². The first kappa shape index (κ1) is 17.1. The van der Waals surface area contributed by atoms with Crippen molar-refractivity contribution in [2.45, 2.75) is 17.9 Å². The predicted octanol–water partition coefficient (Wildman–Crippen LogP) is 3.57. The van der Waals surface area contributed by atoms with E-state index in [1.807, 2.05) is 32.3 Å². The van der Waals surface area contributed by atoms with E-state index in [0.717, 1.165) is 0 Å². The standard InChI is InChI=1S/C17H22N2OS2/c1-13-7-4-5-8-15(13)22-12-17(20)18-11-14(19(2)3)16-9-6-10-21-16/h4-10,14H,11-12H2,1-3H3,(H,18,20)/t14-/m0/s1. The minimum absolute atomic E-state index is 0.0802. The van der Waals surface area contributed by atoms with Crippen LogP contribution in [0.15, 0.2) is 46.7 Å².